The summed E-state index contributed by atoms with van der Waals surface area (Å²) in [6, 6.07) is 0. The fourth-order valence-corrected chi connectivity index (χ4v) is 5.51. The minimum atomic E-state index is -0.896. The Morgan fingerprint density at radius 1 is 0.509 bits per heavy atom. The highest BCUT2D eigenvalue weighted by Crippen LogP contribution is 2.13. The van der Waals surface area contributed by atoms with Gasteiger partial charge in [0.25, 0.3) is 0 Å². The largest absolute Gasteiger partial charge is 0.481 e. The number of aliphatic carboxylic acids is 2. The Balaban J connectivity index is -0.00000113. The van der Waals surface area contributed by atoms with Gasteiger partial charge in [0.05, 0.1) is 45.5 Å². The fourth-order valence-electron chi connectivity index (χ4n) is 5.51. The summed E-state index contributed by atoms with van der Waals surface area (Å²) >= 11 is 0. The molecule has 0 aliphatic rings. The maximum atomic E-state index is 12.1. The lowest BCUT2D eigenvalue weighted by molar-refractivity contribution is -0.144. The predicted molar refractivity (Wildman–Crippen MR) is 230 cm³/mol. The number of hydrogen-bond donors (Lipinski definition) is 3. The van der Waals surface area contributed by atoms with Crippen molar-refractivity contribution >= 4 is 29.8 Å². The maximum absolute atomic E-state index is 12.1. The molecular weight excluding hydrogens is 728 g/mol. The Bertz CT molecular complexity index is 947. The number of esters is 3. The number of nitrogens with two attached hydrogens (primary N) is 1. The number of ether oxygens (including phenoxy) is 3. The zero-order valence-electron chi connectivity index (χ0n) is 37.2. The van der Waals surface area contributed by atoms with Crippen molar-refractivity contribution in [1.82, 2.24) is 4.90 Å². The molecule has 0 aliphatic carbocycles. The van der Waals surface area contributed by atoms with E-state index in [0.717, 1.165) is 56.3 Å². The van der Waals surface area contributed by atoms with Gasteiger partial charge in [0.2, 0.25) is 0 Å². The molecule has 57 heavy (non-hydrogen) atoms. The van der Waals surface area contributed by atoms with E-state index < -0.39 is 11.9 Å². The van der Waals surface area contributed by atoms with Crippen LogP contribution in [0.3, 0.4) is 0 Å². The van der Waals surface area contributed by atoms with Gasteiger partial charge in [-0.2, -0.15) is 0 Å². The highest BCUT2D eigenvalue weighted by molar-refractivity contribution is 5.81. The molecule has 0 unspecified atom stereocenters. The minimum Gasteiger partial charge on any atom is -0.481 e. The third-order valence-electron chi connectivity index (χ3n) is 8.98. The van der Waals surface area contributed by atoms with Gasteiger partial charge in [0.1, 0.15) is 0 Å². The quantitative estimate of drug-likeness (QED) is 0.0236. The fraction of sp³-hybridized carbons (Fsp3) is 0.844. The summed E-state index contributed by atoms with van der Waals surface area (Å²) in [5, 5.41) is 16.8. The lowest BCUT2D eigenvalue weighted by atomic mass is 10.0. The molecule has 4 N–H and O–H groups in total. The molecule has 0 aromatic carbocycles. The molecule has 0 radical (unpaired) electrons. The van der Waals surface area contributed by atoms with E-state index in [1.54, 1.807) is 0 Å². The molecule has 12 nitrogen and oxygen atoms in total. The van der Waals surface area contributed by atoms with Gasteiger partial charge in [0.15, 0.2) is 0 Å². The molecule has 0 bridgehead atoms. The van der Waals surface area contributed by atoms with Crippen molar-refractivity contribution in [2.24, 2.45) is 23.5 Å². The number of carboxylic acid groups (broad SMARTS) is 2. The van der Waals surface area contributed by atoms with E-state index in [1.807, 2.05) is 4.90 Å². The van der Waals surface area contributed by atoms with E-state index in [9.17, 15) is 24.0 Å². The first-order chi connectivity index (χ1) is 27.1. The molecule has 0 rings (SSSR count). The monoisotopic (exact) mass is 815 g/mol. The number of carbonyl (C=O) groups is 5. The molecule has 0 aromatic rings. The highest BCUT2D eigenvalue weighted by Gasteiger charge is 2.14. The lowest BCUT2D eigenvalue weighted by Crippen LogP contribution is -2.31. The number of unbranched alkanes of at least 4 members (excludes halogenated alkanes) is 12. The Labute approximate surface area is 347 Å². The third-order valence-corrected chi connectivity index (χ3v) is 8.98. The molecule has 0 saturated carbocycles. The molecule has 0 atom stereocenters. The molecular formula is C45H86N2O10. The summed E-state index contributed by atoms with van der Waals surface area (Å²) in [6.07, 6.45) is 22.7. The number of carbonyl (C=O) groups excluding carboxylic acids is 3. The average molecular weight is 815 g/mol. The van der Waals surface area contributed by atoms with E-state index in [0.29, 0.717) is 39.5 Å². The number of nitrogens with zero attached hydrogens (tertiary/aromatic N) is 1. The van der Waals surface area contributed by atoms with Crippen LogP contribution in [0.4, 0.5) is 0 Å². The van der Waals surface area contributed by atoms with Gasteiger partial charge < -0.3 is 35.1 Å². The van der Waals surface area contributed by atoms with E-state index in [4.69, 9.17) is 30.2 Å². The number of rotatable bonds is 36. The van der Waals surface area contributed by atoms with Crippen LogP contribution >= 0.6 is 0 Å². The molecule has 0 fully saturated rings. The second-order valence-electron chi connectivity index (χ2n) is 16.1. The van der Waals surface area contributed by atoms with Crippen molar-refractivity contribution in [3.8, 4) is 0 Å². The standard InChI is InChI=1S/C29H55NO6.C13H24O2.C3H7NO2/c1-25(2)15-11-7-5-9-13-23-35-28(33)18-21-30(20-17-27(31)32)22-19-29(34)36-24-14-10-6-8-12-16-26(3)4;1-4-13(14)15-11-9-7-5-6-8-10-12(2)3;4-2-1-3(5)6/h25-26H,5-24H2,1-4H3,(H,31,32);4,12H,1,5-11H2,2-3H3;1-2,4H2,(H,5,6). The lowest BCUT2D eigenvalue weighted by Gasteiger charge is -2.20. The van der Waals surface area contributed by atoms with Crippen LogP contribution in [0.2, 0.25) is 0 Å². The first-order valence-electron chi connectivity index (χ1n) is 22.1. The van der Waals surface area contributed by atoms with E-state index in [2.05, 4.69) is 48.1 Å². The van der Waals surface area contributed by atoms with Crippen LogP contribution < -0.4 is 5.73 Å². The smallest absolute Gasteiger partial charge is 0.330 e. The van der Waals surface area contributed by atoms with Crippen LogP contribution in [0.1, 0.15) is 183 Å². The first-order valence-corrected chi connectivity index (χ1v) is 22.1. The van der Waals surface area contributed by atoms with Crippen molar-refractivity contribution in [2.75, 3.05) is 46.0 Å². The van der Waals surface area contributed by atoms with E-state index in [-0.39, 0.29) is 50.1 Å². The average Bonchev–Trinajstić information content (AvgIpc) is 3.14. The van der Waals surface area contributed by atoms with Crippen LogP contribution in [0.25, 0.3) is 0 Å². The number of carboxylic acids is 2. The van der Waals surface area contributed by atoms with Crippen LogP contribution in [0.15, 0.2) is 12.7 Å². The Kier molecular flexibility index (Phi) is 45.1. The molecule has 0 amide bonds. The van der Waals surface area contributed by atoms with Crippen LogP contribution in [-0.4, -0.2) is 91.0 Å². The molecule has 0 spiro atoms. The van der Waals surface area contributed by atoms with Crippen molar-refractivity contribution in [3.63, 3.8) is 0 Å². The molecule has 0 heterocycles. The molecule has 0 aromatic heterocycles. The summed E-state index contributed by atoms with van der Waals surface area (Å²) in [6.45, 7) is 19.5. The van der Waals surface area contributed by atoms with Gasteiger partial charge in [0, 0.05) is 32.3 Å². The van der Waals surface area contributed by atoms with Gasteiger partial charge in [-0.1, -0.05) is 144 Å². The zero-order valence-corrected chi connectivity index (χ0v) is 37.2. The van der Waals surface area contributed by atoms with Gasteiger partial charge in [-0.3, -0.25) is 19.2 Å². The normalized spacial score (nSPS) is 10.8. The number of hydrogen-bond acceptors (Lipinski definition) is 10. The van der Waals surface area contributed by atoms with E-state index >= 15 is 0 Å². The molecule has 336 valence electrons. The van der Waals surface area contributed by atoms with Gasteiger partial charge in [-0.05, 0) is 37.0 Å². The second kappa shape index (κ2) is 44.1. The second-order valence-corrected chi connectivity index (χ2v) is 16.1. The third kappa shape index (κ3) is 55.2. The van der Waals surface area contributed by atoms with Gasteiger partial charge in [-0.15, -0.1) is 0 Å². The molecule has 0 saturated heterocycles. The van der Waals surface area contributed by atoms with Crippen LogP contribution in [0, 0.1) is 17.8 Å². The Hall–Kier alpha value is -2.99. The first kappa shape index (κ1) is 58.3. The maximum Gasteiger partial charge on any atom is 0.330 e. The Morgan fingerprint density at radius 3 is 1.12 bits per heavy atom. The topological polar surface area (TPSA) is 183 Å². The minimum absolute atomic E-state index is 0.0300. The zero-order chi connectivity index (χ0) is 43.5. The van der Waals surface area contributed by atoms with Crippen molar-refractivity contribution in [2.45, 2.75) is 183 Å². The van der Waals surface area contributed by atoms with Crippen LogP contribution in [0.5, 0.6) is 0 Å². The van der Waals surface area contributed by atoms with Crippen LogP contribution in [-0.2, 0) is 38.2 Å². The summed E-state index contributed by atoms with van der Waals surface area (Å²) < 4.78 is 15.5. The van der Waals surface area contributed by atoms with Gasteiger partial charge >= 0.3 is 29.8 Å². The van der Waals surface area contributed by atoms with Crippen molar-refractivity contribution in [3.05, 3.63) is 12.7 Å². The predicted octanol–water partition coefficient (Wildman–Crippen LogP) is 9.75. The summed E-state index contributed by atoms with van der Waals surface area (Å²) in [5.41, 5.74) is 4.85. The van der Waals surface area contributed by atoms with Crippen molar-refractivity contribution in [1.29, 1.82) is 0 Å². The van der Waals surface area contributed by atoms with E-state index in [1.165, 1.54) is 83.1 Å². The summed E-state index contributed by atoms with van der Waals surface area (Å²) in [4.78, 5) is 57.2. The summed E-state index contributed by atoms with van der Waals surface area (Å²) in [7, 11) is 0. The SMILES string of the molecule is C=CC(=O)OCCCCCCCC(C)C.CC(C)CCCCCCCOC(=O)CCN(CCC(=O)O)CCC(=O)OCCCCCCCC(C)C.NCCC(=O)O. The van der Waals surface area contributed by atoms with Gasteiger partial charge in [-0.25, -0.2) is 4.79 Å². The summed E-state index contributed by atoms with van der Waals surface area (Å²) in [5.74, 6) is -0.258. The molecule has 12 heteroatoms. The highest BCUT2D eigenvalue weighted by atomic mass is 16.5. The Morgan fingerprint density at radius 2 is 0.825 bits per heavy atom. The van der Waals surface area contributed by atoms with Crippen molar-refractivity contribution < 1.29 is 48.4 Å². The molecule has 0 aliphatic heterocycles.